The molecule has 0 spiro atoms. The first kappa shape index (κ1) is 20.6. The lowest BCUT2D eigenvalue weighted by Crippen LogP contribution is -2.30. The van der Waals surface area contributed by atoms with Crippen LogP contribution in [0.15, 0.2) is 15.9 Å². The predicted molar refractivity (Wildman–Crippen MR) is 116 cm³/mol. The van der Waals surface area contributed by atoms with Crippen molar-refractivity contribution in [3.8, 4) is 0 Å². The monoisotopic (exact) mass is 429 g/mol. The molecule has 4 heterocycles. The van der Waals surface area contributed by atoms with E-state index in [4.69, 9.17) is 9.51 Å². The summed E-state index contributed by atoms with van der Waals surface area (Å²) in [7, 11) is 0. The molecule has 9 nitrogen and oxygen atoms in total. The summed E-state index contributed by atoms with van der Waals surface area (Å²) in [5.41, 5.74) is 2.42. The number of thioether (sulfide) groups is 1. The molecule has 1 aliphatic heterocycles. The average molecular weight is 430 g/mol. The molecule has 0 unspecified atom stereocenters. The molecular formula is C20H27N7O2S. The summed E-state index contributed by atoms with van der Waals surface area (Å²) >= 11 is 1.53. The minimum atomic E-state index is -0.0608. The number of piperidine rings is 1. The maximum absolute atomic E-state index is 12.3. The molecule has 0 aromatic carbocycles. The minimum Gasteiger partial charge on any atom is -0.361 e. The SMILES string of the molecule is CSc1nc(N2CCCCC2)c2cnn(CCNC(=O)Cc3c(C)noc3C)c2n1. The van der Waals surface area contributed by atoms with Crippen LogP contribution in [0.25, 0.3) is 11.0 Å². The van der Waals surface area contributed by atoms with Gasteiger partial charge < -0.3 is 14.7 Å². The third kappa shape index (κ3) is 4.28. The number of aromatic nitrogens is 5. The van der Waals surface area contributed by atoms with E-state index in [1.54, 1.807) is 0 Å². The first-order chi connectivity index (χ1) is 14.6. The smallest absolute Gasteiger partial charge is 0.224 e. The molecular weight excluding hydrogens is 402 g/mol. The summed E-state index contributed by atoms with van der Waals surface area (Å²) in [5.74, 6) is 1.60. The highest BCUT2D eigenvalue weighted by atomic mass is 32.2. The van der Waals surface area contributed by atoms with Crippen molar-refractivity contribution in [1.82, 2.24) is 30.2 Å². The summed E-state index contributed by atoms with van der Waals surface area (Å²) in [6, 6.07) is 0. The summed E-state index contributed by atoms with van der Waals surface area (Å²) in [4.78, 5) is 24.1. The number of aryl methyl sites for hydroxylation is 2. The summed E-state index contributed by atoms with van der Waals surface area (Å²) in [5, 5.41) is 13.1. The van der Waals surface area contributed by atoms with Crippen molar-refractivity contribution in [3.63, 3.8) is 0 Å². The van der Waals surface area contributed by atoms with Gasteiger partial charge in [-0.25, -0.2) is 14.6 Å². The third-order valence-electron chi connectivity index (χ3n) is 5.46. The van der Waals surface area contributed by atoms with Gasteiger partial charge >= 0.3 is 0 Å². The van der Waals surface area contributed by atoms with Crippen LogP contribution in [0.4, 0.5) is 5.82 Å². The molecule has 0 aliphatic carbocycles. The first-order valence-electron chi connectivity index (χ1n) is 10.3. The Morgan fingerprint density at radius 1 is 1.23 bits per heavy atom. The van der Waals surface area contributed by atoms with Crippen molar-refractivity contribution in [2.75, 3.05) is 30.8 Å². The van der Waals surface area contributed by atoms with Crippen molar-refractivity contribution in [2.24, 2.45) is 0 Å². The number of nitrogens with one attached hydrogen (secondary N) is 1. The van der Waals surface area contributed by atoms with Crippen molar-refractivity contribution in [3.05, 3.63) is 23.2 Å². The largest absolute Gasteiger partial charge is 0.361 e. The lowest BCUT2D eigenvalue weighted by atomic mass is 10.1. The molecule has 1 fully saturated rings. The fraction of sp³-hybridized carbons (Fsp3) is 0.550. The molecule has 30 heavy (non-hydrogen) atoms. The number of anilines is 1. The van der Waals surface area contributed by atoms with Gasteiger partial charge in [0.15, 0.2) is 10.8 Å². The lowest BCUT2D eigenvalue weighted by molar-refractivity contribution is -0.120. The van der Waals surface area contributed by atoms with Crippen LogP contribution in [0.2, 0.25) is 0 Å². The van der Waals surface area contributed by atoms with Crippen molar-refractivity contribution >= 4 is 34.5 Å². The number of nitrogens with zero attached hydrogens (tertiary/aromatic N) is 6. The molecule has 3 aromatic heterocycles. The Balaban J connectivity index is 1.46. The van der Waals surface area contributed by atoms with Gasteiger partial charge in [-0.2, -0.15) is 5.10 Å². The van der Waals surface area contributed by atoms with Crippen LogP contribution < -0.4 is 10.2 Å². The number of hydrogen-bond donors (Lipinski definition) is 1. The Bertz CT molecular complexity index is 1020. The second-order valence-corrected chi connectivity index (χ2v) is 8.29. The van der Waals surface area contributed by atoms with Gasteiger partial charge in [0.1, 0.15) is 11.6 Å². The number of hydrogen-bond acceptors (Lipinski definition) is 8. The van der Waals surface area contributed by atoms with Crippen molar-refractivity contribution in [1.29, 1.82) is 0 Å². The van der Waals surface area contributed by atoms with Gasteiger partial charge in [0.25, 0.3) is 0 Å². The van der Waals surface area contributed by atoms with E-state index in [-0.39, 0.29) is 12.3 Å². The highest BCUT2D eigenvalue weighted by molar-refractivity contribution is 7.98. The van der Waals surface area contributed by atoms with Crippen LogP contribution in [-0.2, 0) is 17.8 Å². The highest BCUT2D eigenvalue weighted by Gasteiger charge is 2.20. The van der Waals surface area contributed by atoms with E-state index < -0.39 is 0 Å². The topological polar surface area (TPSA) is 102 Å². The molecule has 4 rings (SSSR count). The van der Waals surface area contributed by atoms with E-state index in [0.717, 1.165) is 46.4 Å². The van der Waals surface area contributed by atoms with E-state index in [9.17, 15) is 4.79 Å². The van der Waals surface area contributed by atoms with Crippen LogP contribution in [0, 0.1) is 13.8 Å². The van der Waals surface area contributed by atoms with E-state index in [0.29, 0.717) is 18.8 Å². The van der Waals surface area contributed by atoms with Crippen LogP contribution in [0.5, 0.6) is 0 Å². The van der Waals surface area contributed by atoms with Crippen molar-refractivity contribution < 1.29 is 9.32 Å². The second kappa shape index (κ2) is 9.03. The maximum atomic E-state index is 12.3. The first-order valence-corrected chi connectivity index (χ1v) is 11.5. The van der Waals surface area contributed by atoms with Gasteiger partial charge in [0, 0.05) is 25.2 Å². The molecule has 3 aromatic rings. The normalized spacial score (nSPS) is 14.4. The molecule has 1 N–H and O–H groups in total. The van der Waals surface area contributed by atoms with E-state index >= 15 is 0 Å². The predicted octanol–water partition coefficient (Wildman–Crippen LogP) is 2.50. The Hall–Kier alpha value is -2.62. The van der Waals surface area contributed by atoms with Gasteiger partial charge in [-0.3, -0.25) is 4.79 Å². The van der Waals surface area contributed by atoms with Gasteiger partial charge in [-0.15, -0.1) is 0 Å². The van der Waals surface area contributed by atoms with Crippen molar-refractivity contribution in [2.45, 2.75) is 51.2 Å². The van der Waals surface area contributed by atoms with Gasteiger partial charge in [0.05, 0.1) is 30.2 Å². The number of rotatable bonds is 7. The summed E-state index contributed by atoms with van der Waals surface area (Å²) < 4.78 is 6.97. The Morgan fingerprint density at radius 3 is 2.73 bits per heavy atom. The molecule has 0 saturated carbocycles. The van der Waals surface area contributed by atoms with Gasteiger partial charge in [0.2, 0.25) is 5.91 Å². The van der Waals surface area contributed by atoms with E-state index in [1.165, 1.54) is 31.0 Å². The molecule has 0 atom stereocenters. The third-order valence-corrected chi connectivity index (χ3v) is 6.01. The fourth-order valence-electron chi connectivity index (χ4n) is 3.80. The van der Waals surface area contributed by atoms with Gasteiger partial charge in [-0.1, -0.05) is 16.9 Å². The quantitative estimate of drug-likeness (QED) is 0.451. The molecule has 1 saturated heterocycles. The Labute approximate surface area is 179 Å². The number of amides is 1. The molecule has 10 heteroatoms. The van der Waals surface area contributed by atoms with E-state index in [2.05, 4.69) is 25.5 Å². The zero-order chi connectivity index (χ0) is 21.1. The molecule has 0 bridgehead atoms. The molecule has 0 radical (unpaired) electrons. The molecule has 1 aliphatic rings. The highest BCUT2D eigenvalue weighted by Crippen LogP contribution is 2.28. The summed E-state index contributed by atoms with van der Waals surface area (Å²) in [6.07, 6.45) is 7.73. The second-order valence-electron chi connectivity index (χ2n) is 7.52. The minimum absolute atomic E-state index is 0.0608. The number of carbonyl (C=O) groups excluding carboxylic acids is 1. The lowest BCUT2D eigenvalue weighted by Gasteiger charge is -2.28. The molecule has 160 valence electrons. The summed E-state index contributed by atoms with van der Waals surface area (Å²) in [6.45, 7) is 6.71. The zero-order valence-corrected chi connectivity index (χ0v) is 18.5. The maximum Gasteiger partial charge on any atom is 0.224 e. The van der Waals surface area contributed by atoms with Crippen LogP contribution in [0.3, 0.4) is 0 Å². The Morgan fingerprint density at radius 2 is 2.03 bits per heavy atom. The number of carbonyl (C=O) groups is 1. The standard InChI is InChI=1S/C20H27N7O2S/c1-13-15(14(2)29-25-13)11-17(28)21-7-10-27-19-16(12-22-27)18(23-20(24-19)30-3)26-8-5-4-6-9-26/h12H,4-11H2,1-3H3,(H,21,28). The molecule has 1 amide bonds. The van der Waals surface area contributed by atoms with E-state index in [1.807, 2.05) is 31.0 Å². The Kier molecular flexibility index (Phi) is 6.21. The average Bonchev–Trinajstić information content (AvgIpc) is 3.31. The van der Waals surface area contributed by atoms with Crippen LogP contribution >= 0.6 is 11.8 Å². The fourth-order valence-corrected chi connectivity index (χ4v) is 4.16. The van der Waals surface area contributed by atoms with Crippen LogP contribution in [-0.4, -0.2) is 56.7 Å². The van der Waals surface area contributed by atoms with Gasteiger partial charge in [-0.05, 0) is 39.4 Å². The van der Waals surface area contributed by atoms with Crippen LogP contribution in [0.1, 0.15) is 36.3 Å². The number of fused-ring (bicyclic) bond motifs is 1. The zero-order valence-electron chi connectivity index (χ0n) is 17.6.